The lowest BCUT2D eigenvalue weighted by Crippen LogP contribution is -2.42. The zero-order valence-electron chi connectivity index (χ0n) is 16.0. The summed E-state index contributed by atoms with van der Waals surface area (Å²) < 4.78 is 2.01. The highest BCUT2D eigenvalue weighted by atomic mass is 15.3. The van der Waals surface area contributed by atoms with Crippen LogP contribution in [0.15, 0.2) is 11.3 Å². The van der Waals surface area contributed by atoms with Crippen LogP contribution in [0.1, 0.15) is 53.3 Å². The first-order chi connectivity index (χ1) is 11.6. The molecule has 0 fully saturated rings. The Morgan fingerprint density at radius 2 is 2.04 bits per heavy atom. The average Bonchev–Trinajstić information content (AvgIpc) is 3.04. The lowest BCUT2D eigenvalue weighted by atomic mass is 10.2. The van der Waals surface area contributed by atoms with Crippen LogP contribution in [-0.2, 0) is 13.1 Å². The third kappa shape index (κ3) is 7.29. The molecule has 1 heterocycles. The summed E-state index contributed by atoms with van der Waals surface area (Å²) in [6, 6.07) is 0.391. The van der Waals surface area contributed by atoms with Crippen LogP contribution in [0.3, 0.4) is 0 Å². The second-order valence-corrected chi connectivity index (χ2v) is 5.94. The molecule has 0 aliphatic carbocycles. The molecule has 0 aliphatic rings. The summed E-state index contributed by atoms with van der Waals surface area (Å²) in [5.74, 6) is 1.74. The van der Waals surface area contributed by atoms with Crippen molar-refractivity contribution in [2.75, 3.05) is 26.2 Å². The van der Waals surface area contributed by atoms with Crippen molar-refractivity contribution in [3.63, 3.8) is 0 Å². The molecule has 1 atom stereocenters. The summed E-state index contributed by atoms with van der Waals surface area (Å²) in [7, 11) is 0. The highest BCUT2D eigenvalue weighted by molar-refractivity contribution is 5.79. The smallest absolute Gasteiger partial charge is 0.191 e. The van der Waals surface area contributed by atoms with E-state index in [2.05, 4.69) is 65.3 Å². The molecule has 138 valence electrons. The standard InChI is InChI=1S/C17H35N7/c1-6-18-17(19-13-16-22-20-14-24(16)9-4)21-15(5)11-10-12-23(7-2)8-3/h14-15H,6-13H2,1-5H3,(H2,18,19,21). The van der Waals surface area contributed by atoms with E-state index in [1.807, 2.05) is 4.57 Å². The molecule has 24 heavy (non-hydrogen) atoms. The lowest BCUT2D eigenvalue weighted by Gasteiger charge is -2.21. The first kappa shape index (κ1) is 20.4. The second kappa shape index (κ2) is 11.8. The molecular formula is C17H35N7. The van der Waals surface area contributed by atoms with Gasteiger partial charge in [-0.1, -0.05) is 13.8 Å². The van der Waals surface area contributed by atoms with Crippen LogP contribution in [0.25, 0.3) is 0 Å². The van der Waals surface area contributed by atoms with E-state index in [0.29, 0.717) is 12.6 Å². The summed E-state index contributed by atoms with van der Waals surface area (Å²) in [5, 5.41) is 14.9. The topological polar surface area (TPSA) is 70.4 Å². The summed E-state index contributed by atoms with van der Waals surface area (Å²) in [5.41, 5.74) is 0. The highest BCUT2D eigenvalue weighted by Gasteiger charge is 2.08. The van der Waals surface area contributed by atoms with Crippen LogP contribution in [0.4, 0.5) is 0 Å². The van der Waals surface area contributed by atoms with E-state index in [1.165, 1.54) is 6.42 Å². The maximum atomic E-state index is 4.64. The number of guanidine groups is 1. The minimum absolute atomic E-state index is 0.391. The van der Waals surface area contributed by atoms with Gasteiger partial charge in [-0.05, 0) is 53.2 Å². The van der Waals surface area contributed by atoms with Gasteiger partial charge in [0, 0.05) is 19.1 Å². The Bertz CT molecular complexity index is 465. The van der Waals surface area contributed by atoms with Gasteiger partial charge in [0.05, 0.1) is 0 Å². The van der Waals surface area contributed by atoms with E-state index in [1.54, 1.807) is 6.33 Å². The maximum Gasteiger partial charge on any atom is 0.191 e. The summed E-state index contributed by atoms with van der Waals surface area (Å²) in [6.07, 6.45) is 4.08. The second-order valence-electron chi connectivity index (χ2n) is 5.94. The fourth-order valence-corrected chi connectivity index (χ4v) is 2.60. The number of rotatable bonds is 11. The monoisotopic (exact) mass is 337 g/mol. The number of nitrogens with one attached hydrogen (secondary N) is 2. The number of aliphatic imine (C=N–C) groups is 1. The predicted molar refractivity (Wildman–Crippen MR) is 100 cm³/mol. The van der Waals surface area contributed by atoms with Gasteiger partial charge in [0.25, 0.3) is 0 Å². The summed E-state index contributed by atoms with van der Waals surface area (Å²) >= 11 is 0. The first-order valence-corrected chi connectivity index (χ1v) is 9.28. The van der Waals surface area contributed by atoms with Crippen LogP contribution in [-0.4, -0.2) is 57.8 Å². The van der Waals surface area contributed by atoms with E-state index in [0.717, 1.165) is 50.9 Å². The van der Waals surface area contributed by atoms with Gasteiger partial charge in [-0.25, -0.2) is 4.99 Å². The quantitative estimate of drug-likeness (QED) is 0.476. The number of aryl methyl sites for hydroxylation is 1. The van der Waals surface area contributed by atoms with Gasteiger partial charge in [0.2, 0.25) is 0 Å². The predicted octanol–water partition coefficient (Wildman–Crippen LogP) is 1.86. The number of aromatic nitrogens is 3. The number of nitrogens with zero attached hydrogens (tertiary/aromatic N) is 5. The number of hydrogen-bond donors (Lipinski definition) is 2. The van der Waals surface area contributed by atoms with Crippen molar-refractivity contribution < 1.29 is 0 Å². The van der Waals surface area contributed by atoms with E-state index in [-0.39, 0.29) is 0 Å². The third-order valence-electron chi connectivity index (χ3n) is 4.15. The molecule has 0 spiro atoms. The van der Waals surface area contributed by atoms with Crippen molar-refractivity contribution in [3.05, 3.63) is 12.2 Å². The molecule has 7 nitrogen and oxygen atoms in total. The Hall–Kier alpha value is -1.63. The Labute approximate surface area is 146 Å². The molecular weight excluding hydrogens is 302 g/mol. The van der Waals surface area contributed by atoms with Crippen molar-refractivity contribution in [2.45, 2.75) is 66.6 Å². The van der Waals surface area contributed by atoms with Gasteiger partial charge in [0.15, 0.2) is 11.8 Å². The van der Waals surface area contributed by atoms with E-state index >= 15 is 0 Å². The minimum atomic E-state index is 0.391. The zero-order valence-corrected chi connectivity index (χ0v) is 16.0. The van der Waals surface area contributed by atoms with Crippen molar-refractivity contribution in [1.29, 1.82) is 0 Å². The fourth-order valence-electron chi connectivity index (χ4n) is 2.60. The zero-order chi connectivity index (χ0) is 17.8. The maximum absolute atomic E-state index is 4.64. The van der Waals surface area contributed by atoms with Gasteiger partial charge >= 0.3 is 0 Å². The van der Waals surface area contributed by atoms with Crippen LogP contribution in [0, 0.1) is 0 Å². The van der Waals surface area contributed by atoms with E-state index in [4.69, 9.17) is 0 Å². The average molecular weight is 338 g/mol. The van der Waals surface area contributed by atoms with Gasteiger partial charge in [0.1, 0.15) is 12.9 Å². The molecule has 0 saturated heterocycles. The Kier molecular flexibility index (Phi) is 10.1. The SMILES string of the molecule is CCNC(=NCc1nncn1CC)NC(C)CCCN(CC)CC. The highest BCUT2D eigenvalue weighted by Crippen LogP contribution is 2.01. The molecule has 0 aromatic carbocycles. The summed E-state index contributed by atoms with van der Waals surface area (Å²) in [4.78, 5) is 7.10. The van der Waals surface area contributed by atoms with E-state index in [9.17, 15) is 0 Å². The lowest BCUT2D eigenvalue weighted by molar-refractivity contribution is 0.292. The van der Waals surface area contributed by atoms with Crippen molar-refractivity contribution >= 4 is 5.96 Å². The molecule has 0 bridgehead atoms. The molecule has 0 radical (unpaired) electrons. The van der Waals surface area contributed by atoms with Gasteiger partial charge in [-0.15, -0.1) is 10.2 Å². The van der Waals surface area contributed by atoms with Crippen LogP contribution < -0.4 is 10.6 Å². The normalized spacial score (nSPS) is 13.3. The Morgan fingerprint density at radius 1 is 1.29 bits per heavy atom. The molecule has 0 aliphatic heterocycles. The first-order valence-electron chi connectivity index (χ1n) is 9.28. The Morgan fingerprint density at radius 3 is 2.67 bits per heavy atom. The van der Waals surface area contributed by atoms with Crippen LogP contribution in [0.5, 0.6) is 0 Å². The molecule has 2 N–H and O–H groups in total. The molecule has 1 aromatic rings. The molecule has 0 saturated carbocycles. The van der Waals surface area contributed by atoms with Crippen LogP contribution >= 0.6 is 0 Å². The molecule has 1 rings (SSSR count). The van der Waals surface area contributed by atoms with Crippen molar-refractivity contribution in [2.24, 2.45) is 4.99 Å². The number of hydrogen-bond acceptors (Lipinski definition) is 4. The Balaban J connectivity index is 2.47. The minimum Gasteiger partial charge on any atom is -0.357 e. The molecule has 7 heteroatoms. The fraction of sp³-hybridized carbons (Fsp3) is 0.824. The molecule has 0 amide bonds. The largest absolute Gasteiger partial charge is 0.357 e. The van der Waals surface area contributed by atoms with Gasteiger partial charge in [-0.2, -0.15) is 0 Å². The van der Waals surface area contributed by atoms with Gasteiger partial charge in [-0.3, -0.25) is 0 Å². The van der Waals surface area contributed by atoms with E-state index < -0.39 is 0 Å². The van der Waals surface area contributed by atoms with Crippen molar-refractivity contribution in [3.8, 4) is 0 Å². The van der Waals surface area contributed by atoms with Gasteiger partial charge < -0.3 is 20.1 Å². The molecule has 1 aromatic heterocycles. The van der Waals surface area contributed by atoms with Crippen LogP contribution in [0.2, 0.25) is 0 Å². The third-order valence-corrected chi connectivity index (χ3v) is 4.15. The molecule has 1 unspecified atom stereocenters. The summed E-state index contributed by atoms with van der Waals surface area (Å²) in [6.45, 7) is 16.5. The van der Waals surface area contributed by atoms with Crippen molar-refractivity contribution in [1.82, 2.24) is 30.3 Å².